The third-order valence-corrected chi connectivity index (χ3v) is 3.61. The average molecular weight is 293 g/mol. The maximum Gasteiger partial charge on any atom is 0.141 e. The van der Waals surface area contributed by atoms with Crippen LogP contribution in [0.2, 0.25) is 5.02 Å². The van der Waals surface area contributed by atoms with Gasteiger partial charge in [0.05, 0.1) is 6.20 Å². The van der Waals surface area contributed by atoms with Crippen molar-refractivity contribution < 1.29 is 4.39 Å². The predicted molar refractivity (Wildman–Crippen MR) is 80.4 cm³/mol. The SMILES string of the molecule is CC(Cc1ccccc1Cl)NC(C)c1cncc(F)c1. The summed E-state index contributed by atoms with van der Waals surface area (Å²) in [7, 11) is 0. The highest BCUT2D eigenvalue weighted by atomic mass is 35.5. The topological polar surface area (TPSA) is 24.9 Å². The number of nitrogens with one attached hydrogen (secondary N) is 1. The van der Waals surface area contributed by atoms with Crippen molar-refractivity contribution in [1.82, 2.24) is 10.3 Å². The Balaban J connectivity index is 1.98. The number of halogens is 2. The van der Waals surface area contributed by atoms with Crippen LogP contribution in [0.3, 0.4) is 0 Å². The molecule has 1 aromatic carbocycles. The van der Waals surface area contributed by atoms with Crippen LogP contribution in [0.25, 0.3) is 0 Å². The molecule has 4 heteroatoms. The number of aromatic nitrogens is 1. The highest BCUT2D eigenvalue weighted by Crippen LogP contribution is 2.18. The van der Waals surface area contributed by atoms with Gasteiger partial charge in [-0.1, -0.05) is 29.8 Å². The molecule has 0 bridgehead atoms. The first kappa shape index (κ1) is 14.9. The highest BCUT2D eigenvalue weighted by Gasteiger charge is 2.12. The van der Waals surface area contributed by atoms with E-state index in [9.17, 15) is 4.39 Å². The van der Waals surface area contributed by atoms with Crippen LogP contribution in [0.5, 0.6) is 0 Å². The molecule has 106 valence electrons. The number of rotatable bonds is 5. The molecule has 0 radical (unpaired) electrons. The van der Waals surface area contributed by atoms with Gasteiger partial charge < -0.3 is 5.32 Å². The molecule has 0 amide bonds. The van der Waals surface area contributed by atoms with Crippen molar-refractivity contribution in [3.8, 4) is 0 Å². The molecule has 0 aliphatic heterocycles. The Morgan fingerprint density at radius 1 is 1.25 bits per heavy atom. The second kappa shape index (κ2) is 6.82. The van der Waals surface area contributed by atoms with Gasteiger partial charge in [-0.15, -0.1) is 0 Å². The minimum absolute atomic E-state index is 0.0377. The molecule has 0 saturated carbocycles. The van der Waals surface area contributed by atoms with Crippen LogP contribution in [0.1, 0.15) is 31.0 Å². The van der Waals surface area contributed by atoms with E-state index in [0.717, 1.165) is 22.6 Å². The summed E-state index contributed by atoms with van der Waals surface area (Å²) in [5.74, 6) is -0.310. The minimum atomic E-state index is -0.310. The molecule has 0 saturated heterocycles. The van der Waals surface area contributed by atoms with Gasteiger partial charge in [0.15, 0.2) is 0 Å². The van der Waals surface area contributed by atoms with Gasteiger partial charge in [0.2, 0.25) is 0 Å². The molecule has 1 aromatic heterocycles. The van der Waals surface area contributed by atoms with Gasteiger partial charge in [-0.05, 0) is 43.5 Å². The van der Waals surface area contributed by atoms with Gasteiger partial charge in [-0.2, -0.15) is 0 Å². The molecule has 20 heavy (non-hydrogen) atoms. The molecule has 2 unspecified atom stereocenters. The minimum Gasteiger partial charge on any atom is -0.307 e. The summed E-state index contributed by atoms with van der Waals surface area (Å²) in [6, 6.07) is 9.59. The Kier molecular flexibility index (Phi) is 5.10. The zero-order chi connectivity index (χ0) is 14.5. The molecule has 1 heterocycles. The van der Waals surface area contributed by atoms with Crippen LogP contribution in [0.15, 0.2) is 42.7 Å². The van der Waals surface area contributed by atoms with Crippen LogP contribution in [-0.2, 0) is 6.42 Å². The summed E-state index contributed by atoms with van der Waals surface area (Å²) in [4.78, 5) is 3.87. The fraction of sp³-hybridized carbons (Fsp3) is 0.312. The van der Waals surface area contributed by atoms with Gasteiger partial charge in [-0.3, -0.25) is 4.98 Å². The molecular formula is C16H18ClFN2. The quantitative estimate of drug-likeness (QED) is 0.895. The van der Waals surface area contributed by atoms with Crippen LogP contribution < -0.4 is 5.32 Å². The van der Waals surface area contributed by atoms with Gasteiger partial charge in [0, 0.05) is 23.3 Å². The van der Waals surface area contributed by atoms with Gasteiger partial charge in [0.25, 0.3) is 0 Å². The first-order valence-electron chi connectivity index (χ1n) is 6.66. The molecule has 2 nitrogen and oxygen atoms in total. The van der Waals surface area contributed by atoms with Crippen molar-refractivity contribution in [2.24, 2.45) is 0 Å². The first-order chi connectivity index (χ1) is 9.56. The number of hydrogen-bond donors (Lipinski definition) is 1. The maximum atomic E-state index is 13.2. The van der Waals surface area contributed by atoms with E-state index in [1.54, 1.807) is 6.20 Å². The van der Waals surface area contributed by atoms with Crippen molar-refractivity contribution in [1.29, 1.82) is 0 Å². The standard InChI is InChI=1S/C16H18ClFN2/c1-11(7-13-5-3-4-6-16(13)17)20-12(2)14-8-15(18)10-19-9-14/h3-6,8-12,20H,7H2,1-2H3. The fourth-order valence-corrected chi connectivity index (χ4v) is 2.45. The third-order valence-electron chi connectivity index (χ3n) is 3.24. The van der Waals surface area contributed by atoms with E-state index in [2.05, 4.69) is 17.2 Å². The summed E-state index contributed by atoms with van der Waals surface area (Å²) in [5, 5.41) is 4.21. The van der Waals surface area contributed by atoms with E-state index in [0.29, 0.717) is 0 Å². The Bertz CT molecular complexity index is 574. The van der Waals surface area contributed by atoms with E-state index in [-0.39, 0.29) is 17.9 Å². The lowest BCUT2D eigenvalue weighted by Gasteiger charge is -2.20. The largest absolute Gasteiger partial charge is 0.307 e. The van der Waals surface area contributed by atoms with Crippen LogP contribution in [-0.4, -0.2) is 11.0 Å². The lowest BCUT2D eigenvalue weighted by molar-refractivity contribution is 0.474. The number of benzene rings is 1. The van der Waals surface area contributed by atoms with E-state index in [4.69, 9.17) is 11.6 Å². The summed E-state index contributed by atoms with van der Waals surface area (Å²) >= 11 is 6.16. The second-order valence-electron chi connectivity index (χ2n) is 5.02. The van der Waals surface area contributed by atoms with Crippen molar-refractivity contribution in [2.75, 3.05) is 0 Å². The molecule has 1 N–H and O–H groups in total. The van der Waals surface area contributed by atoms with Crippen LogP contribution in [0.4, 0.5) is 4.39 Å². The molecular weight excluding hydrogens is 275 g/mol. The summed E-state index contributed by atoms with van der Waals surface area (Å²) < 4.78 is 13.2. The van der Waals surface area contributed by atoms with Crippen molar-refractivity contribution in [2.45, 2.75) is 32.4 Å². The Morgan fingerprint density at radius 3 is 2.70 bits per heavy atom. The monoisotopic (exact) mass is 292 g/mol. The molecule has 2 aromatic rings. The van der Waals surface area contributed by atoms with Crippen LogP contribution in [0, 0.1) is 5.82 Å². The number of nitrogens with zero attached hydrogens (tertiary/aromatic N) is 1. The van der Waals surface area contributed by atoms with E-state index in [1.807, 2.05) is 31.2 Å². The number of hydrogen-bond acceptors (Lipinski definition) is 2. The summed E-state index contributed by atoms with van der Waals surface area (Å²) in [6.07, 6.45) is 3.72. The van der Waals surface area contributed by atoms with E-state index in [1.165, 1.54) is 12.3 Å². The molecule has 2 atom stereocenters. The molecule has 0 aliphatic carbocycles. The average Bonchev–Trinajstić information content (AvgIpc) is 2.41. The Morgan fingerprint density at radius 2 is 2.00 bits per heavy atom. The first-order valence-corrected chi connectivity index (χ1v) is 7.04. The molecule has 0 spiro atoms. The van der Waals surface area contributed by atoms with Crippen LogP contribution >= 0.6 is 11.6 Å². The van der Waals surface area contributed by atoms with Crippen molar-refractivity contribution in [3.63, 3.8) is 0 Å². The van der Waals surface area contributed by atoms with E-state index < -0.39 is 0 Å². The zero-order valence-corrected chi connectivity index (χ0v) is 12.4. The lowest BCUT2D eigenvalue weighted by atomic mass is 10.0. The van der Waals surface area contributed by atoms with E-state index >= 15 is 0 Å². The fourth-order valence-electron chi connectivity index (χ4n) is 2.24. The molecule has 0 aliphatic rings. The second-order valence-corrected chi connectivity index (χ2v) is 5.43. The highest BCUT2D eigenvalue weighted by molar-refractivity contribution is 6.31. The Labute approximate surface area is 124 Å². The predicted octanol–water partition coefficient (Wildman–Crippen LogP) is 4.16. The lowest BCUT2D eigenvalue weighted by Crippen LogP contribution is -2.30. The van der Waals surface area contributed by atoms with Crippen molar-refractivity contribution in [3.05, 3.63) is 64.7 Å². The Hall–Kier alpha value is -1.45. The number of pyridine rings is 1. The third kappa shape index (κ3) is 4.02. The van der Waals surface area contributed by atoms with Gasteiger partial charge >= 0.3 is 0 Å². The normalized spacial score (nSPS) is 14.0. The molecule has 2 rings (SSSR count). The van der Waals surface area contributed by atoms with Crippen molar-refractivity contribution >= 4 is 11.6 Å². The zero-order valence-electron chi connectivity index (χ0n) is 11.6. The molecule has 0 fully saturated rings. The smallest absolute Gasteiger partial charge is 0.141 e. The van der Waals surface area contributed by atoms with Gasteiger partial charge in [0.1, 0.15) is 5.82 Å². The van der Waals surface area contributed by atoms with Gasteiger partial charge in [-0.25, -0.2) is 4.39 Å². The summed E-state index contributed by atoms with van der Waals surface area (Å²) in [6.45, 7) is 4.09. The maximum absolute atomic E-state index is 13.2. The summed E-state index contributed by atoms with van der Waals surface area (Å²) in [5.41, 5.74) is 1.95.